The van der Waals surface area contributed by atoms with Crippen molar-refractivity contribution in [2.75, 3.05) is 75.2 Å². The Labute approximate surface area is 316 Å². The lowest BCUT2D eigenvalue weighted by Crippen LogP contribution is -2.29. The summed E-state index contributed by atoms with van der Waals surface area (Å²) in [5, 5.41) is 30.4. The smallest absolute Gasteiger partial charge is 0.267 e. The fraction of sp³-hybridized carbons (Fsp3) is 0.517. The summed E-state index contributed by atoms with van der Waals surface area (Å²) >= 11 is 16.6. The zero-order valence-corrected chi connectivity index (χ0v) is 32.1. The molecular weight excluding hydrogens is 784 g/mol. The van der Waals surface area contributed by atoms with E-state index in [-0.39, 0.29) is 24.1 Å². The Morgan fingerprint density at radius 3 is 1.14 bits per heavy atom. The van der Waals surface area contributed by atoms with Crippen LogP contribution in [0.4, 0.5) is 0 Å². The monoisotopic (exact) mass is 831 g/mol. The minimum atomic E-state index is -3.92. The molecule has 0 bridgehead atoms. The summed E-state index contributed by atoms with van der Waals surface area (Å²) in [6.07, 6.45) is 2.90. The molecule has 0 aliphatic rings. The van der Waals surface area contributed by atoms with E-state index in [2.05, 4.69) is 4.90 Å². The van der Waals surface area contributed by atoms with Gasteiger partial charge >= 0.3 is 0 Å². The quantitative estimate of drug-likeness (QED) is 0.0314. The molecule has 0 heterocycles. The maximum Gasteiger partial charge on any atom is 0.267 e. The number of benzene rings is 2. The lowest BCUT2D eigenvalue weighted by molar-refractivity contribution is 0.279. The van der Waals surface area contributed by atoms with E-state index in [0.29, 0.717) is 42.0 Å². The average molecular weight is 834 g/mol. The topological polar surface area (TPSA) is 271 Å². The number of halogens is 4. The van der Waals surface area contributed by atoms with E-state index in [9.17, 15) is 16.8 Å². The Hall–Kier alpha value is -2.16. The maximum atomic E-state index is 9.63. The van der Waals surface area contributed by atoms with Crippen molar-refractivity contribution in [3.8, 4) is 11.5 Å². The molecular formula is C29H49Cl4N5O10S2. The fourth-order valence-electron chi connectivity index (χ4n) is 3.15. The van der Waals surface area contributed by atoms with Gasteiger partial charge in [-0.05, 0) is 67.8 Å². The molecule has 0 atom stereocenters. The van der Waals surface area contributed by atoms with Gasteiger partial charge in [0.15, 0.2) is 0 Å². The van der Waals surface area contributed by atoms with E-state index in [0.717, 1.165) is 50.4 Å². The van der Waals surface area contributed by atoms with Crippen molar-refractivity contribution in [1.29, 1.82) is 10.8 Å². The summed E-state index contributed by atoms with van der Waals surface area (Å²) in [6, 6.07) is 14.4. The Bertz CT molecular complexity index is 1270. The molecule has 0 amide bonds. The molecule has 2 aromatic rings. The molecule has 0 unspecified atom stereocenters. The summed E-state index contributed by atoms with van der Waals surface area (Å²) in [7, 11) is -7.85. The number of ether oxygens (including phenoxy) is 2. The second-order valence-electron chi connectivity index (χ2n) is 9.56. The zero-order chi connectivity index (χ0) is 37.7. The van der Waals surface area contributed by atoms with Crippen LogP contribution in [0.2, 0.25) is 0 Å². The van der Waals surface area contributed by atoms with E-state index in [1.54, 1.807) is 24.3 Å². The van der Waals surface area contributed by atoms with Gasteiger partial charge in [0.05, 0.1) is 37.9 Å². The van der Waals surface area contributed by atoms with Crippen molar-refractivity contribution in [1.82, 2.24) is 4.90 Å². The highest BCUT2D eigenvalue weighted by Crippen LogP contribution is 2.14. The van der Waals surface area contributed by atoms with Crippen molar-refractivity contribution in [2.45, 2.75) is 19.3 Å². The van der Waals surface area contributed by atoms with Gasteiger partial charge in [0.2, 0.25) is 0 Å². The Morgan fingerprint density at radius 2 is 0.940 bits per heavy atom. The van der Waals surface area contributed by atoms with Crippen molar-refractivity contribution in [3.05, 3.63) is 59.7 Å². The van der Waals surface area contributed by atoms with E-state index in [1.807, 2.05) is 24.3 Å². The van der Waals surface area contributed by atoms with E-state index >= 15 is 0 Å². The number of nitrogens with one attached hydrogen (secondary N) is 2. The van der Waals surface area contributed by atoms with Gasteiger partial charge in [-0.2, -0.15) is 16.8 Å². The number of nitrogens with two attached hydrogens (primary N) is 2. The highest BCUT2D eigenvalue weighted by Gasteiger charge is 2.02. The van der Waals surface area contributed by atoms with Crippen LogP contribution < -0.4 is 20.9 Å². The van der Waals surface area contributed by atoms with Crippen molar-refractivity contribution >= 4 is 79.1 Å². The van der Waals surface area contributed by atoms with Gasteiger partial charge in [-0.25, -0.2) is 0 Å². The fourth-order valence-corrected chi connectivity index (χ4v) is 4.33. The number of nitrogens with zero attached hydrogens (tertiary/aromatic N) is 1. The summed E-state index contributed by atoms with van der Waals surface area (Å²) in [6.45, 7) is 2.86. The Morgan fingerprint density at radius 1 is 0.640 bits per heavy atom. The lowest BCUT2D eigenvalue weighted by Gasteiger charge is -2.17. The molecule has 50 heavy (non-hydrogen) atoms. The number of rotatable bonds is 20. The Balaban J connectivity index is -0.000000726. The first-order valence-electron chi connectivity index (χ1n) is 14.7. The van der Waals surface area contributed by atoms with Gasteiger partial charge in [-0.1, -0.05) is 0 Å². The summed E-state index contributed by atoms with van der Waals surface area (Å²) in [5.74, 6) is 2.47. The van der Waals surface area contributed by atoms with Crippen LogP contribution in [0.15, 0.2) is 48.5 Å². The first kappa shape index (κ1) is 52.2. The number of nitrogen functional groups attached to an aromatic ring is 2. The molecule has 0 aliphatic carbocycles. The summed E-state index contributed by atoms with van der Waals surface area (Å²) in [5.41, 5.74) is 12.2. The van der Waals surface area contributed by atoms with Crippen molar-refractivity contribution in [3.63, 3.8) is 0 Å². The number of aliphatic hydroxyl groups excluding tert-OH is 2. The van der Waals surface area contributed by atoms with Crippen molar-refractivity contribution < 1.29 is 45.6 Å². The molecule has 2 aromatic carbocycles. The van der Waals surface area contributed by atoms with E-state index in [1.165, 1.54) is 0 Å². The zero-order valence-electron chi connectivity index (χ0n) is 27.4. The number of unbranched alkanes of at least 4 members (excludes halogenated alkanes) is 2. The standard InChI is InChI=1S/C19H24N4O2.C6H12Cl3N.2C2H6O4S.ClH/c20-18(21)14-4-8-16(9-5-14)24-12-2-1-3-13-25-17-10-6-15(7-11-17)19(22)23;7-1-4-10(5-2-8)6-3-9;2*3-1-2-7(4,5)6;/h4-11H,1-3,12-13H2,(H3,20,21)(H3,22,23);1-6H2;2*3H,1-2H2,(H,4,5,6);1H. The third-order valence-corrected chi connectivity index (χ3v) is 7.46. The van der Waals surface area contributed by atoms with Gasteiger partial charge in [-0.15, -0.1) is 47.2 Å². The highest BCUT2D eigenvalue weighted by molar-refractivity contribution is 7.86. The van der Waals surface area contributed by atoms with Crippen LogP contribution in [0.5, 0.6) is 11.5 Å². The van der Waals surface area contributed by atoms with Crippen LogP contribution in [0.1, 0.15) is 30.4 Å². The van der Waals surface area contributed by atoms with Crippen LogP contribution in [-0.4, -0.2) is 128 Å². The first-order chi connectivity index (χ1) is 23.0. The molecule has 2 rings (SSSR count). The second kappa shape index (κ2) is 31.6. The van der Waals surface area contributed by atoms with Crippen LogP contribution in [-0.2, 0) is 20.2 Å². The molecule has 0 spiro atoms. The molecule has 290 valence electrons. The van der Waals surface area contributed by atoms with Crippen LogP contribution >= 0.6 is 47.2 Å². The molecule has 0 radical (unpaired) electrons. The SMILES string of the molecule is Cl.ClCCN(CCCl)CCCl.N=C(N)c1ccc(OCCCCCOc2ccc(C(=N)N)cc2)cc1.O=S(=O)(O)CCO.O=S(=O)(O)CCO. The molecule has 10 N–H and O–H groups in total. The minimum Gasteiger partial charge on any atom is -0.494 e. The molecule has 0 aliphatic heterocycles. The number of amidine groups is 2. The molecule has 0 saturated carbocycles. The minimum absolute atomic E-state index is 0. The van der Waals surface area contributed by atoms with Gasteiger partial charge in [0, 0.05) is 48.4 Å². The summed E-state index contributed by atoms with van der Waals surface area (Å²) < 4.78 is 65.5. The molecule has 0 aromatic heterocycles. The highest BCUT2D eigenvalue weighted by atomic mass is 35.5. The predicted octanol–water partition coefficient (Wildman–Crippen LogP) is 3.04. The maximum absolute atomic E-state index is 9.63. The molecule has 0 saturated heterocycles. The van der Waals surface area contributed by atoms with Gasteiger partial charge in [-0.3, -0.25) is 24.8 Å². The molecule has 15 nitrogen and oxygen atoms in total. The van der Waals surface area contributed by atoms with Gasteiger partial charge < -0.3 is 31.2 Å². The normalized spacial score (nSPS) is 10.6. The predicted molar refractivity (Wildman–Crippen MR) is 203 cm³/mol. The summed E-state index contributed by atoms with van der Waals surface area (Å²) in [4.78, 5) is 2.15. The van der Waals surface area contributed by atoms with Crippen molar-refractivity contribution in [2.24, 2.45) is 11.5 Å². The van der Waals surface area contributed by atoms with Gasteiger partial charge in [0.1, 0.15) is 23.2 Å². The number of hydrogen-bond donors (Lipinski definition) is 8. The largest absolute Gasteiger partial charge is 0.494 e. The van der Waals surface area contributed by atoms with Gasteiger partial charge in [0.25, 0.3) is 20.2 Å². The molecule has 21 heteroatoms. The number of alkyl halides is 3. The molecule has 0 fully saturated rings. The van der Waals surface area contributed by atoms with Crippen LogP contribution in [0.25, 0.3) is 0 Å². The van der Waals surface area contributed by atoms with Crippen LogP contribution in [0.3, 0.4) is 0 Å². The van der Waals surface area contributed by atoms with E-state index in [4.69, 9.17) is 85.9 Å². The third kappa shape index (κ3) is 33.0. The van der Waals surface area contributed by atoms with E-state index < -0.39 is 45.0 Å². The first-order valence-corrected chi connectivity index (χ1v) is 19.5. The third-order valence-electron chi connectivity index (χ3n) is 5.56. The number of hydrogen-bond acceptors (Lipinski definition) is 11. The number of aliphatic hydroxyl groups is 2. The van der Waals surface area contributed by atoms with Crippen LogP contribution in [0, 0.1) is 10.8 Å². The lowest BCUT2D eigenvalue weighted by atomic mass is 10.2. The average Bonchev–Trinajstić information content (AvgIpc) is 3.01. The second-order valence-corrected chi connectivity index (χ2v) is 13.8. The Kier molecular flexibility index (Phi) is 33.0.